The van der Waals surface area contributed by atoms with E-state index in [1.54, 1.807) is 4.90 Å². The molecule has 0 radical (unpaired) electrons. The second-order valence-corrected chi connectivity index (χ2v) is 5.85. The molecule has 0 aromatic heterocycles. The van der Waals surface area contributed by atoms with E-state index in [0.717, 1.165) is 11.1 Å². The third-order valence-corrected chi connectivity index (χ3v) is 4.27. The molecule has 1 aliphatic heterocycles. The number of halogens is 1. The lowest BCUT2D eigenvalue weighted by molar-refractivity contribution is -0.143. The molecule has 21 heavy (non-hydrogen) atoms. The van der Waals surface area contributed by atoms with Crippen molar-refractivity contribution >= 4 is 29.3 Å². The number of nitrogens with zero attached hydrogens (tertiary/aromatic N) is 1. The molecule has 114 valence electrons. The van der Waals surface area contributed by atoms with E-state index < -0.39 is 5.97 Å². The van der Waals surface area contributed by atoms with E-state index in [1.165, 1.54) is 0 Å². The minimum absolute atomic E-state index is 0.232. The van der Waals surface area contributed by atoms with Crippen molar-refractivity contribution in [3.8, 4) is 0 Å². The summed E-state index contributed by atoms with van der Waals surface area (Å²) >= 11 is 6.14. The van der Waals surface area contributed by atoms with E-state index in [1.807, 2.05) is 26.0 Å². The molecule has 0 aliphatic carbocycles. The molecule has 1 aromatic carbocycles. The van der Waals surface area contributed by atoms with Gasteiger partial charge in [0.2, 0.25) is 0 Å². The summed E-state index contributed by atoms with van der Waals surface area (Å²) in [6.07, 6.45) is 0.979. The van der Waals surface area contributed by atoms with Crippen molar-refractivity contribution in [2.45, 2.75) is 26.7 Å². The number of carboxylic acid groups (broad SMARTS) is 1. The van der Waals surface area contributed by atoms with Gasteiger partial charge in [0.25, 0.3) is 0 Å². The van der Waals surface area contributed by atoms with Crippen molar-refractivity contribution in [3.05, 3.63) is 28.3 Å². The van der Waals surface area contributed by atoms with Gasteiger partial charge in [-0.3, -0.25) is 4.79 Å². The number of aliphatic carboxylic acids is 1. The second-order valence-electron chi connectivity index (χ2n) is 5.45. The van der Waals surface area contributed by atoms with Crippen LogP contribution < -0.4 is 5.32 Å². The van der Waals surface area contributed by atoms with Crippen LogP contribution in [0.5, 0.6) is 0 Å². The number of likely N-dealkylation sites (tertiary alicyclic amines) is 1. The Morgan fingerprint density at radius 3 is 2.38 bits per heavy atom. The van der Waals surface area contributed by atoms with Crippen LogP contribution >= 0.6 is 11.6 Å². The number of anilines is 1. The fourth-order valence-corrected chi connectivity index (χ4v) is 2.67. The molecule has 1 fully saturated rings. The van der Waals surface area contributed by atoms with Crippen molar-refractivity contribution in [1.82, 2.24) is 4.90 Å². The first-order chi connectivity index (χ1) is 9.88. The van der Waals surface area contributed by atoms with Crippen molar-refractivity contribution in [2.75, 3.05) is 18.4 Å². The van der Waals surface area contributed by atoms with Gasteiger partial charge in [0.1, 0.15) is 0 Å². The summed E-state index contributed by atoms with van der Waals surface area (Å²) in [5.74, 6) is -1.13. The Hall–Kier alpha value is -1.75. The molecule has 2 rings (SSSR count). The van der Waals surface area contributed by atoms with Gasteiger partial charge in [-0.25, -0.2) is 4.79 Å². The number of aryl methyl sites for hydroxylation is 2. The second kappa shape index (κ2) is 6.35. The van der Waals surface area contributed by atoms with Crippen LogP contribution in [0.3, 0.4) is 0 Å². The van der Waals surface area contributed by atoms with Gasteiger partial charge < -0.3 is 15.3 Å². The number of urea groups is 1. The summed E-state index contributed by atoms with van der Waals surface area (Å²) in [6, 6.07) is 3.44. The van der Waals surface area contributed by atoms with Crippen molar-refractivity contribution in [3.63, 3.8) is 0 Å². The lowest BCUT2D eigenvalue weighted by atomic mass is 9.97. The molecule has 0 unspecified atom stereocenters. The van der Waals surface area contributed by atoms with Gasteiger partial charge in [0.15, 0.2) is 0 Å². The monoisotopic (exact) mass is 310 g/mol. The largest absolute Gasteiger partial charge is 0.481 e. The van der Waals surface area contributed by atoms with Crippen LogP contribution in [0.15, 0.2) is 12.1 Å². The Morgan fingerprint density at radius 2 is 1.81 bits per heavy atom. The average molecular weight is 311 g/mol. The summed E-state index contributed by atoms with van der Waals surface area (Å²) in [5, 5.41) is 12.3. The third-order valence-electron chi connectivity index (χ3n) is 3.96. The normalized spacial score (nSPS) is 15.9. The summed E-state index contributed by atoms with van der Waals surface area (Å²) in [5.41, 5.74) is 2.71. The first-order valence-corrected chi connectivity index (χ1v) is 7.31. The molecule has 5 nitrogen and oxygen atoms in total. The highest BCUT2D eigenvalue weighted by Gasteiger charge is 2.27. The maximum absolute atomic E-state index is 12.2. The fourth-order valence-electron chi connectivity index (χ4n) is 2.40. The molecule has 6 heteroatoms. The number of carbonyl (C=O) groups is 2. The van der Waals surface area contributed by atoms with Crippen LogP contribution in [0.1, 0.15) is 24.0 Å². The number of amides is 2. The molecule has 1 aromatic rings. The van der Waals surface area contributed by atoms with Crippen LogP contribution in [-0.4, -0.2) is 35.1 Å². The Labute approximate surface area is 128 Å². The van der Waals surface area contributed by atoms with Gasteiger partial charge in [0, 0.05) is 13.1 Å². The van der Waals surface area contributed by atoms with Gasteiger partial charge in [-0.15, -0.1) is 0 Å². The average Bonchev–Trinajstić information content (AvgIpc) is 2.44. The number of carboxylic acids is 1. The van der Waals surface area contributed by atoms with Crippen molar-refractivity contribution in [1.29, 1.82) is 0 Å². The Kier molecular flexibility index (Phi) is 4.73. The molecule has 0 saturated carbocycles. The van der Waals surface area contributed by atoms with E-state index in [4.69, 9.17) is 16.7 Å². The number of carbonyl (C=O) groups excluding carboxylic acids is 1. The Balaban J connectivity index is 2.00. The van der Waals surface area contributed by atoms with Crippen LogP contribution in [0.4, 0.5) is 10.5 Å². The lowest BCUT2D eigenvalue weighted by Crippen LogP contribution is -2.42. The molecule has 1 saturated heterocycles. The number of benzene rings is 1. The molecule has 0 bridgehead atoms. The number of piperidine rings is 1. The summed E-state index contributed by atoms with van der Waals surface area (Å²) in [7, 11) is 0. The first-order valence-electron chi connectivity index (χ1n) is 6.94. The summed E-state index contributed by atoms with van der Waals surface area (Å²) in [6.45, 7) is 4.82. The molecule has 2 N–H and O–H groups in total. The first kappa shape index (κ1) is 15.6. The zero-order valence-electron chi connectivity index (χ0n) is 12.1. The van der Waals surface area contributed by atoms with E-state index in [9.17, 15) is 9.59 Å². The van der Waals surface area contributed by atoms with Gasteiger partial charge in [0.05, 0.1) is 16.6 Å². The highest BCUT2D eigenvalue weighted by molar-refractivity contribution is 6.33. The predicted octanol–water partition coefficient (Wildman–Crippen LogP) is 3.29. The number of nitrogens with one attached hydrogen (secondary N) is 1. The van der Waals surface area contributed by atoms with Crippen LogP contribution in [0, 0.1) is 19.8 Å². The van der Waals surface area contributed by atoms with E-state index in [-0.39, 0.29) is 11.9 Å². The number of hydrogen-bond donors (Lipinski definition) is 2. The summed E-state index contributed by atoms with van der Waals surface area (Å²) in [4.78, 5) is 24.7. The highest BCUT2D eigenvalue weighted by atomic mass is 35.5. The highest BCUT2D eigenvalue weighted by Crippen LogP contribution is 2.26. The van der Waals surface area contributed by atoms with Gasteiger partial charge in [-0.1, -0.05) is 11.6 Å². The van der Waals surface area contributed by atoms with Crippen molar-refractivity contribution in [2.24, 2.45) is 5.92 Å². The maximum atomic E-state index is 12.2. The zero-order valence-corrected chi connectivity index (χ0v) is 12.9. The minimum Gasteiger partial charge on any atom is -0.481 e. The molecule has 1 aliphatic rings. The van der Waals surface area contributed by atoms with Gasteiger partial charge in [-0.2, -0.15) is 0 Å². The third kappa shape index (κ3) is 3.67. The number of rotatable bonds is 2. The summed E-state index contributed by atoms with van der Waals surface area (Å²) < 4.78 is 0. The molecular weight excluding hydrogens is 292 g/mol. The van der Waals surface area contributed by atoms with E-state index in [2.05, 4.69) is 5.32 Å². The Bertz CT molecular complexity index is 566. The van der Waals surface area contributed by atoms with E-state index >= 15 is 0 Å². The molecule has 0 atom stereocenters. The quantitative estimate of drug-likeness (QED) is 0.880. The number of hydrogen-bond acceptors (Lipinski definition) is 2. The standard InChI is InChI=1S/C15H19ClN2O3/c1-9-7-12(16)13(8-10(9)2)17-15(21)18-5-3-11(4-6-18)14(19)20/h7-8,11H,3-6H2,1-2H3,(H,17,21)(H,19,20). The van der Waals surface area contributed by atoms with Crippen LogP contribution in [-0.2, 0) is 4.79 Å². The molecule has 1 heterocycles. The fraction of sp³-hybridized carbons (Fsp3) is 0.467. The van der Waals surface area contributed by atoms with Crippen LogP contribution in [0.2, 0.25) is 5.02 Å². The minimum atomic E-state index is -0.785. The Morgan fingerprint density at radius 1 is 1.24 bits per heavy atom. The SMILES string of the molecule is Cc1cc(Cl)c(NC(=O)N2CCC(C(=O)O)CC2)cc1C. The molecular formula is C15H19ClN2O3. The topological polar surface area (TPSA) is 69.6 Å². The van der Waals surface area contributed by atoms with Gasteiger partial charge >= 0.3 is 12.0 Å². The van der Waals surface area contributed by atoms with Crippen molar-refractivity contribution < 1.29 is 14.7 Å². The van der Waals surface area contributed by atoms with E-state index in [0.29, 0.717) is 36.6 Å². The molecule has 0 spiro atoms. The lowest BCUT2D eigenvalue weighted by Gasteiger charge is -2.30. The van der Waals surface area contributed by atoms with Gasteiger partial charge in [-0.05, 0) is 49.9 Å². The van der Waals surface area contributed by atoms with Crippen LogP contribution in [0.25, 0.3) is 0 Å². The zero-order chi connectivity index (χ0) is 15.6. The molecule has 2 amide bonds. The maximum Gasteiger partial charge on any atom is 0.321 e. The smallest absolute Gasteiger partial charge is 0.321 e. The predicted molar refractivity (Wildman–Crippen MR) is 81.9 cm³/mol.